The molecule has 1 saturated heterocycles. The van der Waals surface area contributed by atoms with Crippen LogP contribution in [0.25, 0.3) is 0 Å². The van der Waals surface area contributed by atoms with Crippen molar-refractivity contribution < 1.29 is 14.7 Å². The summed E-state index contributed by atoms with van der Waals surface area (Å²) in [6, 6.07) is 7.66. The summed E-state index contributed by atoms with van der Waals surface area (Å²) in [5.74, 6) is -0.442. The fourth-order valence-electron chi connectivity index (χ4n) is 3.20. The SMILES string of the molecule is CC(C(=O)N1CC(CC(=O)O)c2ccccc21)C1CNC1. The third-order valence-corrected chi connectivity index (χ3v) is 4.67. The van der Waals surface area contributed by atoms with E-state index in [-0.39, 0.29) is 24.2 Å². The molecular weight excluding hydrogens is 268 g/mol. The second-order valence-electron chi connectivity index (χ2n) is 6.01. The summed E-state index contributed by atoms with van der Waals surface area (Å²) < 4.78 is 0. The van der Waals surface area contributed by atoms with E-state index < -0.39 is 5.97 Å². The second-order valence-corrected chi connectivity index (χ2v) is 6.01. The fraction of sp³-hybridized carbons (Fsp3) is 0.500. The second kappa shape index (κ2) is 5.48. The molecule has 2 heterocycles. The molecule has 5 heteroatoms. The standard InChI is InChI=1S/C16H20N2O3/c1-10(12-7-17-8-12)16(21)18-9-11(6-15(19)20)13-4-2-3-5-14(13)18/h2-5,10-12,17H,6-9H2,1H3,(H,19,20). The molecule has 2 atom stereocenters. The van der Waals surface area contributed by atoms with Crippen LogP contribution in [0.3, 0.4) is 0 Å². The lowest BCUT2D eigenvalue weighted by Gasteiger charge is -2.34. The number of carboxylic acids is 1. The molecule has 0 spiro atoms. The molecular formula is C16H20N2O3. The number of amides is 1. The summed E-state index contributed by atoms with van der Waals surface area (Å²) in [4.78, 5) is 25.5. The van der Waals surface area contributed by atoms with Crippen molar-refractivity contribution in [1.29, 1.82) is 0 Å². The lowest BCUT2D eigenvalue weighted by Crippen LogP contribution is -2.50. The number of rotatable bonds is 4. The molecule has 0 saturated carbocycles. The van der Waals surface area contributed by atoms with Crippen molar-refractivity contribution in [2.45, 2.75) is 19.3 Å². The largest absolute Gasteiger partial charge is 0.481 e. The molecule has 1 aromatic carbocycles. The monoisotopic (exact) mass is 288 g/mol. The fourth-order valence-corrected chi connectivity index (χ4v) is 3.20. The average Bonchev–Trinajstić information content (AvgIpc) is 2.74. The van der Waals surface area contributed by atoms with E-state index in [9.17, 15) is 9.59 Å². The number of aliphatic carboxylic acids is 1. The van der Waals surface area contributed by atoms with Gasteiger partial charge >= 0.3 is 5.97 Å². The predicted molar refractivity (Wildman–Crippen MR) is 79.3 cm³/mol. The van der Waals surface area contributed by atoms with Gasteiger partial charge in [0.25, 0.3) is 0 Å². The Morgan fingerprint density at radius 3 is 2.71 bits per heavy atom. The number of nitrogens with one attached hydrogen (secondary N) is 1. The molecule has 0 bridgehead atoms. The first-order chi connectivity index (χ1) is 10.1. The molecule has 2 unspecified atom stereocenters. The van der Waals surface area contributed by atoms with E-state index >= 15 is 0 Å². The number of hydrogen-bond acceptors (Lipinski definition) is 3. The van der Waals surface area contributed by atoms with E-state index in [0.717, 1.165) is 24.3 Å². The Bertz CT molecular complexity index is 568. The van der Waals surface area contributed by atoms with Crippen LogP contribution in [0, 0.1) is 11.8 Å². The maximum atomic E-state index is 12.7. The van der Waals surface area contributed by atoms with Crippen molar-refractivity contribution in [2.75, 3.05) is 24.5 Å². The molecule has 1 aromatic rings. The molecule has 1 amide bonds. The molecule has 2 aliphatic rings. The molecule has 5 nitrogen and oxygen atoms in total. The highest BCUT2D eigenvalue weighted by molar-refractivity contribution is 5.97. The summed E-state index contributed by atoms with van der Waals surface area (Å²) in [7, 11) is 0. The number of benzene rings is 1. The molecule has 0 radical (unpaired) electrons. The van der Waals surface area contributed by atoms with Gasteiger partial charge in [-0.2, -0.15) is 0 Å². The van der Waals surface area contributed by atoms with Crippen LogP contribution in [-0.2, 0) is 9.59 Å². The van der Waals surface area contributed by atoms with Crippen molar-refractivity contribution in [3.8, 4) is 0 Å². The molecule has 0 aliphatic carbocycles. The topological polar surface area (TPSA) is 69.6 Å². The zero-order valence-electron chi connectivity index (χ0n) is 12.1. The number of carbonyl (C=O) groups is 2. The van der Waals surface area contributed by atoms with Gasteiger partial charge in [-0.3, -0.25) is 9.59 Å². The highest BCUT2D eigenvalue weighted by Crippen LogP contribution is 2.39. The van der Waals surface area contributed by atoms with Gasteiger partial charge < -0.3 is 15.3 Å². The zero-order chi connectivity index (χ0) is 15.0. The number of fused-ring (bicyclic) bond motifs is 1. The molecule has 1 fully saturated rings. The van der Waals surface area contributed by atoms with Crippen LogP contribution in [-0.4, -0.2) is 36.6 Å². The van der Waals surface area contributed by atoms with E-state index in [2.05, 4.69) is 5.32 Å². The third kappa shape index (κ3) is 2.53. The first-order valence-electron chi connectivity index (χ1n) is 7.40. The van der Waals surface area contributed by atoms with Crippen molar-refractivity contribution in [3.63, 3.8) is 0 Å². The van der Waals surface area contributed by atoms with Crippen LogP contribution < -0.4 is 10.2 Å². The van der Waals surface area contributed by atoms with Gasteiger partial charge in [0.1, 0.15) is 0 Å². The number of anilines is 1. The molecule has 3 rings (SSSR count). The Balaban J connectivity index is 1.83. The number of para-hydroxylation sites is 1. The smallest absolute Gasteiger partial charge is 0.304 e. The number of carbonyl (C=O) groups excluding carboxylic acids is 1. The maximum absolute atomic E-state index is 12.7. The van der Waals surface area contributed by atoms with Gasteiger partial charge in [-0.05, 0) is 30.6 Å². The third-order valence-electron chi connectivity index (χ3n) is 4.67. The summed E-state index contributed by atoms with van der Waals surface area (Å²) in [6.45, 7) is 4.23. The average molecular weight is 288 g/mol. The van der Waals surface area contributed by atoms with Crippen molar-refractivity contribution >= 4 is 17.6 Å². The van der Waals surface area contributed by atoms with Gasteiger partial charge in [-0.1, -0.05) is 25.1 Å². The van der Waals surface area contributed by atoms with Crippen LogP contribution in [0.5, 0.6) is 0 Å². The van der Waals surface area contributed by atoms with Crippen molar-refractivity contribution in [3.05, 3.63) is 29.8 Å². The van der Waals surface area contributed by atoms with Crippen LogP contribution in [0.15, 0.2) is 24.3 Å². The zero-order valence-corrected chi connectivity index (χ0v) is 12.1. The lowest BCUT2D eigenvalue weighted by molar-refractivity contribution is -0.137. The molecule has 0 aromatic heterocycles. The first-order valence-corrected chi connectivity index (χ1v) is 7.40. The van der Waals surface area contributed by atoms with E-state index in [1.54, 1.807) is 4.90 Å². The van der Waals surface area contributed by atoms with E-state index in [4.69, 9.17) is 5.11 Å². The molecule has 2 N–H and O–H groups in total. The van der Waals surface area contributed by atoms with Gasteiger partial charge in [0.2, 0.25) is 5.91 Å². The van der Waals surface area contributed by atoms with Crippen LogP contribution in [0.4, 0.5) is 5.69 Å². The number of carboxylic acid groups (broad SMARTS) is 1. The van der Waals surface area contributed by atoms with E-state index in [1.807, 2.05) is 31.2 Å². The molecule has 112 valence electrons. The Morgan fingerprint density at radius 2 is 2.10 bits per heavy atom. The van der Waals surface area contributed by atoms with Crippen LogP contribution in [0.2, 0.25) is 0 Å². The first kappa shape index (κ1) is 14.1. The Morgan fingerprint density at radius 1 is 1.38 bits per heavy atom. The summed E-state index contributed by atoms with van der Waals surface area (Å²) in [6.07, 6.45) is 0.0696. The lowest BCUT2D eigenvalue weighted by atomic mass is 9.88. The van der Waals surface area contributed by atoms with Gasteiger partial charge in [0.15, 0.2) is 0 Å². The van der Waals surface area contributed by atoms with E-state index in [0.29, 0.717) is 12.5 Å². The predicted octanol–water partition coefficient (Wildman–Crippen LogP) is 1.45. The minimum Gasteiger partial charge on any atom is -0.481 e. The minimum atomic E-state index is -0.819. The molecule has 21 heavy (non-hydrogen) atoms. The van der Waals surface area contributed by atoms with Gasteiger partial charge in [0.05, 0.1) is 6.42 Å². The van der Waals surface area contributed by atoms with Crippen molar-refractivity contribution in [1.82, 2.24) is 5.32 Å². The Hall–Kier alpha value is -1.88. The Kier molecular flexibility index (Phi) is 3.68. The van der Waals surface area contributed by atoms with Crippen LogP contribution >= 0.6 is 0 Å². The van der Waals surface area contributed by atoms with E-state index in [1.165, 1.54) is 0 Å². The normalized spacial score (nSPS) is 22.5. The highest BCUT2D eigenvalue weighted by Gasteiger charge is 2.38. The number of hydrogen-bond donors (Lipinski definition) is 2. The van der Waals surface area contributed by atoms with Gasteiger partial charge in [0, 0.05) is 24.1 Å². The summed E-state index contributed by atoms with van der Waals surface area (Å²) >= 11 is 0. The molecule has 2 aliphatic heterocycles. The highest BCUT2D eigenvalue weighted by atomic mass is 16.4. The maximum Gasteiger partial charge on any atom is 0.304 e. The summed E-state index contributed by atoms with van der Waals surface area (Å²) in [5.41, 5.74) is 1.86. The Labute approximate surface area is 123 Å². The number of nitrogens with zero attached hydrogens (tertiary/aromatic N) is 1. The van der Waals surface area contributed by atoms with Crippen molar-refractivity contribution in [2.24, 2.45) is 11.8 Å². The minimum absolute atomic E-state index is 0.0251. The summed E-state index contributed by atoms with van der Waals surface area (Å²) in [5, 5.41) is 12.3. The van der Waals surface area contributed by atoms with Crippen LogP contribution in [0.1, 0.15) is 24.8 Å². The van der Waals surface area contributed by atoms with Gasteiger partial charge in [-0.15, -0.1) is 0 Å². The quantitative estimate of drug-likeness (QED) is 0.880. The van der Waals surface area contributed by atoms with Gasteiger partial charge in [-0.25, -0.2) is 0 Å².